The van der Waals surface area contributed by atoms with Crippen LogP contribution in [0, 0.1) is 6.92 Å². The number of nitrogens with zero attached hydrogens (tertiary/aromatic N) is 6. The van der Waals surface area contributed by atoms with Crippen LogP contribution < -0.4 is 10.2 Å². The van der Waals surface area contributed by atoms with Crippen molar-refractivity contribution >= 4 is 45.4 Å². The van der Waals surface area contributed by atoms with Gasteiger partial charge in [0.1, 0.15) is 5.82 Å². The molecule has 9 heteroatoms. The smallest absolute Gasteiger partial charge is 0.229 e. The first-order valence-corrected chi connectivity index (χ1v) is 11.4. The molecule has 0 spiro atoms. The molecule has 1 fully saturated rings. The first-order valence-electron chi connectivity index (χ1n) is 9.85. The molecule has 0 saturated carbocycles. The van der Waals surface area contributed by atoms with Gasteiger partial charge in [-0.1, -0.05) is 52.4 Å². The number of alkyl halides is 1. The van der Waals surface area contributed by atoms with E-state index in [-0.39, 0.29) is 6.61 Å². The topological polar surface area (TPSA) is 82.3 Å². The third-order valence-electron chi connectivity index (χ3n) is 5.25. The molecule has 0 aliphatic carbocycles. The Bertz CT molecular complexity index is 951. The standard InChI is InChI=1S/C20H26IN7O/c1-15-2-4-16(5-3-15)12-22-18-17-13-23-28(14-21)19(17)25-20(24-18)27-8-6-26(7-9-27)10-11-29/h2-5,13,29H,6-12,14H2,1H3,(H,22,24,25). The number of aliphatic hydroxyl groups excluding tert-OH is 1. The van der Waals surface area contributed by atoms with Crippen molar-refractivity contribution in [2.75, 3.05) is 49.5 Å². The first kappa shape index (κ1) is 20.3. The molecule has 1 aliphatic heterocycles. The maximum Gasteiger partial charge on any atom is 0.229 e. The minimum absolute atomic E-state index is 0.199. The highest BCUT2D eigenvalue weighted by molar-refractivity contribution is 14.1. The van der Waals surface area contributed by atoms with Gasteiger partial charge in [-0.25, -0.2) is 4.68 Å². The predicted octanol–water partition coefficient (Wildman–Crippen LogP) is 2.25. The van der Waals surface area contributed by atoms with Crippen LogP contribution in [-0.2, 0) is 11.1 Å². The SMILES string of the molecule is Cc1ccc(CNc2nc(N3CCN(CCO)CC3)nc3c2cnn3CI)cc1. The fourth-order valence-corrected chi connectivity index (χ4v) is 4.01. The molecule has 1 aromatic carbocycles. The van der Waals surface area contributed by atoms with Crippen molar-refractivity contribution in [3.05, 3.63) is 41.6 Å². The number of aryl methyl sites for hydroxylation is 1. The average molecular weight is 507 g/mol. The van der Waals surface area contributed by atoms with Crippen molar-refractivity contribution in [1.82, 2.24) is 24.6 Å². The summed E-state index contributed by atoms with van der Waals surface area (Å²) in [4.78, 5) is 14.2. The molecule has 2 aromatic heterocycles. The van der Waals surface area contributed by atoms with Gasteiger partial charge in [0.05, 0.1) is 22.7 Å². The van der Waals surface area contributed by atoms with E-state index in [0.29, 0.717) is 6.54 Å². The van der Waals surface area contributed by atoms with Crippen LogP contribution in [0.25, 0.3) is 11.0 Å². The zero-order valence-corrected chi connectivity index (χ0v) is 18.7. The monoisotopic (exact) mass is 507 g/mol. The van der Waals surface area contributed by atoms with Gasteiger partial charge in [-0.3, -0.25) is 4.90 Å². The second-order valence-electron chi connectivity index (χ2n) is 7.26. The maximum atomic E-state index is 9.16. The average Bonchev–Trinajstić information content (AvgIpc) is 3.17. The number of hydrogen-bond acceptors (Lipinski definition) is 7. The zero-order valence-electron chi connectivity index (χ0n) is 16.6. The second kappa shape index (κ2) is 9.23. The Morgan fingerprint density at radius 2 is 1.86 bits per heavy atom. The van der Waals surface area contributed by atoms with E-state index in [0.717, 1.165) is 60.1 Å². The highest BCUT2D eigenvalue weighted by atomic mass is 127. The molecule has 1 aliphatic rings. The third-order valence-corrected chi connectivity index (χ3v) is 5.90. The van der Waals surface area contributed by atoms with Gasteiger partial charge in [-0.05, 0) is 12.5 Å². The third kappa shape index (κ3) is 4.62. The van der Waals surface area contributed by atoms with Gasteiger partial charge in [-0.15, -0.1) is 0 Å². The van der Waals surface area contributed by atoms with Crippen LogP contribution in [0.4, 0.5) is 11.8 Å². The summed E-state index contributed by atoms with van der Waals surface area (Å²) in [5.74, 6) is 1.55. The fourth-order valence-electron chi connectivity index (χ4n) is 3.51. The van der Waals surface area contributed by atoms with Gasteiger partial charge in [0, 0.05) is 39.3 Å². The van der Waals surface area contributed by atoms with Crippen molar-refractivity contribution in [2.45, 2.75) is 18.0 Å². The Labute approximate surface area is 184 Å². The van der Waals surface area contributed by atoms with Crippen molar-refractivity contribution in [2.24, 2.45) is 0 Å². The van der Waals surface area contributed by atoms with E-state index < -0.39 is 0 Å². The minimum atomic E-state index is 0.199. The van der Waals surface area contributed by atoms with Crippen LogP contribution in [0.5, 0.6) is 0 Å². The summed E-state index contributed by atoms with van der Waals surface area (Å²) in [6.07, 6.45) is 1.84. The van der Waals surface area contributed by atoms with Gasteiger partial charge >= 0.3 is 0 Å². The highest BCUT2D eigenvalue weighted by Gasteiger charge is 2.21. The summed E-state index contributed by atoms with van der Waals surface area (Å²) in [6.45, 7) is 7.21. The van der Waals surface area contributed by atoms with Gasteiger partial charge in [0.15, 0.2) is 5.65 Å². The van der Waals surface area contributed by atoms with E-state index in [9.17, 15) is 0 Å². The molecule has 0 bridgehead atoms. The predicted molar refractivity (Wildman–Crippen MR) is 124 cm³/mol. The van der Waals surface area contributed by atoms with Crippen LogP contribution in [0.15, 0.2) is 30.5 Å². The molecule has 4 rings (SSSR count). The Hall–Kier alpha value is -1.98. The number of aromatic nitrogens is 4. The maximum absolute atomic E-state index is 9.16. The van der Waals surface area contributed by atoms with Crippen LogP contribution in [0.1, 0.15) is 11.1 Å². The molecule has 29 heavy (non-hydrogen) atoms. The van der Waals surface area contributed by atoms with E-state index in [2.05, 4.69) is 74.0 Å². The number of piperazine rings is 1. The number of β-amino-alcohol motifs (C(OH)–C–C–N with tert-alkyl or cyclic N) is 1. The lowest BCUT2D eigenvalue weighted by atomic mass is 10.1. The molecule has 0 amide bonds. The highest BCUT2D eigenvalue weighted by Crippen LogP contribution is 2.25. The van der Waals surface area contributed by atoms with Crippen molar-refractivity contribution in [1.29, 1.82) is 0 Å². The Morgan fingerprint density at radius 3 is 2.55 bits per heavy atom. The van der Waals surface area contributed by atoms with Crippen molar-refractivity contribution in [3.8, 4) is 0 Å². The molecule has 0 atom stereocenters. The number of halogens is 1. The zero-order chi connectivity index (χ0) is 20.2. The van der Waals surface area contributed by atoms with Gasteiger partial charge in [0.25, 0.3) is 0 Å². The molecule has 0 unspecified atom stereocenters. The van der Waals surface area contributed by atoms with Crippen LogP contribution >= 0.6 is 22.6 Å². The Kier molecular flexibility index (Phi) is 6.46. The lowest BCUT2D eigenvalue weighted by molar-refractivity contribution is 0.188. The van der Waals surface area contributed by atoms with E-state index >= 15 is 0 Å². The van der Waals surface area contributed by atoms with Crippen LogP contribution in [0.3, 0.4) is 0 Å². The summed E-state index contributed by atoms with van der Waals surface area (Å²) in [5.41, 5.74) is 3.32. The Balaban J connectivity index is 1.59. The summed E-state index contributed by atoms with van der Waals surface area (Å²) < 4.78 is 2.64. The summed E-state index contributed by atoms with van der Waals surface area (Å²) in [7, 11) is 0. The molecule has 1 saturated heterocycles. The van der Waals surface area contributed by atoms with Crippen molar-refractivity contribution < 1.29 is 5.11 Å². The molecule has 2 N–H and O–H groups in total. The number of rotatable bonds is 7. The van der Waals surface area contributed by atoms with Gasteiger partial charge < -0.3 is 15.3 Å². The van der Waals surface area contributed by atoms with E-state index in [1.807, 2.05) is 10.9 Å². The Morgan fingerprint density at radius 1 is 1.10 bits per heavy atom. The molecule has 3 aromatic rings. The van der Waals surface area contributed by atoms with Crippen molar-refractivity contribution in [3.63, 3.8) is 0 Å². The molecule has 154 valence electrons. The summed E-state index contributed by atoms with van der Waals surface area (Å²) >= 11 is 2.30. The number of benzene rings is 1. The number of aliphatic hydroxyl groups is 1. The lowest BCUT2D eigenvalue weighted by Gasteiger charge is -2.34. The second-order valence-corrected chi connectivity index (χ2v) is 7.95. The molecular formula is C20H26IN7O. The quantitative estimate of drug-likeness (QED) is 0.375. The summed E-state index contributed by atoms with van der Waals surface area (Å²) in [5, 5.41) is 18.1. The molecule has 8 nitrogen and oxygen atoms in total. The molecule has 0 radical (unpaired) electrons. The van der Waals surface area contributed by atoms with E-state index in [4.69, 9.17) is 15.1 Å². The normalized spacial score (nSPS) is 15.2. The fraction of sp³-hybridized carbons (Fsp3) is 0.450. The minimum Gasteiger partial charge on any atom is -0.395 e. The first-order chi connectivity index (χ1) is 14.2. The van der Waals surface area contributed by atoms with Gasteiger partial charge in [-0.2, -0.15) is 15.1 Å². The number of anilines is 2. The molecular weight excluding hydrogens is 481 g/mol. The number of fused-ring (bicyclic) bond motifs is 1. The van der Waals surface area contributed by atoms with Gasteiger partial charge in [0.2, 0.25) is 5.95 Å². The largest absolute Gasteiger partial charge is 0.395 e. The number of hydrogen-bond donors (Lipinski definition) is 2. The van der Waals surface area contributed by atoms with Crippen LogP contribution in [0.2, 0.25) is 0 Å². The lowest BCUT2D eigenvalue weighted by Crippen LogP contribution is -2.47. The van der Waals surface area contributed by atoms with Crippen LogP contribution in [-0.4, -0.2) is 69.1 Å². The summed E-state index contributed by atoms with van der Waals surface area (Å²) in [6, 6.07) is 8.52. The van der Waals surface area contributed by atoms with E-state index in [1.54, 1.807) is 0 Å². The number of nitrogens with one attached hydrogen (secondary N) is 1. The molecule has 3 heterocycles. The van der Waals surface area contributed by atoms with E-state index in [1.165, 1.54) is 11.1 Å².